The van der Waals surface area contributed by atoms with Crippen LogP contribution in [0.15, 0.2) is 28.3 Å². The highest BCUT2D eigenvalue weighted by Crippen LogP contribution is 2.11. The lowest BCUT2D eigenvalue weighted by Gasteiger charge is -2.07. The molecule has 1 rings (SSSR count). The maximum Gasteiger partial charge on any atom is 0.243 e. The van der Waals surface area contributed by atoms with E-state index in [9.17, 15) is 9.59 Å². The molecule has 0 radical (unpaired) electrons. The molecule has 0 heterocycles. The summed E-state index contributed by atoms with van der Waals surface area (Å²) in [6.45, 7) is 4.86. The summed E-state index contributed by atoms with van der Waals surface area (Å²) in [5.41, 5.74) is 1.95. The summed E-state index contributed by atoms with van der Waals surface area (Å²) < 4.78 is 0. The Morgan fingerprint density at radius 2 is 1.85 bits per heavy atom. The van der Waals surface area contributed by atoms with Crippen LogP contribution in [0.1, 0.15) is 20.8 Å². The summed E-state index contributed by atoms with van der Waals surface area (Å²) in [5, 5.41) is 0. The van der Waals surface area contributed by atoms with E-state index in [1.165, 1.54) is 13.0 Å². The van der Waals surface area contributed by atoms with Crippen LogP contribution in [0.5, 0.6) is 0 Å². The van der Waals surface area contributed by atoms with Crippen LogP contribution in [0.25, 0.3) is 0 Å². The Morgan fingerprint density at radius 3 is 2.38 bits per heavy atom. The second-order valence-electron chi connectivity index (χ2n) is 3.04. The molecule has 0 aromatic heterocycles. The molecule has 0 atom stereocenters. The highest BCUT2D eigenvalue weighted by molar-refractivity contribution is 6.23. The van der Waals surface area contributed by atoms with Crippen molar-refractivity contribution in [1.29, 1.82) is 0 Å². The van der Waals surface area contributed by atoms with E-state index < -0.39 is 0 Å². The van der Waals surface area contributed by atoms with Crippen molar-refractivity contribution in [3.63, 3.8) is 0 Å². The van der Waals surface area contributed by atoms with Crippen LogP contribution in [0.3, 0.4) is 0 Å². The molecule has 0 bridgehead atoms. The van der Waals surface area contributed by atoms with Crippen molar-refractivity contribution >= 4 is 17.4 Å². The minimum absolute atomic E-state index is 0.0139. The van der Waals surface area contributed by atoms with Gasteiger partial charge in [-0.2, -0.15) is 0 Å². The molecule has 68 valence electrons. The van der Waals surface area contributed by atoms with Crippen molar-refractivity contribution in [2.75, 3.05) is 0 Å². The first kappa shape index (κ1) is 9.58. The predicted octanol–water partition coefficient (Wildman–Crippen LogP) is 1.45. The van der Waals surface area contributed by atoms with Crippen LogP contribution >= 0.6 is 0 Å². The molecule has 0 aliphatic heterocycles. The van der Waals surface area contributed by atoms with Gasteiger partial charge in [0.15, 0.2) is 5.78 Å². The zero-order chi connectivity index (χ0) is 10.0. The van der Waals surface area contributed by atoms with E-state index in [0.29, 0.717) is 11.3 Å². The third kappa shape index (κ3) is 2.21. The zero-order valence-electron chi connectivity index (χ0n) is 7.92. The number of rotatable bonds is 0. The summed E-state index contributed by atoms with van der Waals surface area (Å²) in [7, 11) is 0. The summed E-state index contributed by atoms with van der Waals surface area (Å²) in [5.74, 6) is -0.263. The van der Waals surface area contributed by atoms with Crippen LogP contribution in [-0.4, -0.2) is 17.4 Å². The Kier molecular flexibility index (Phi) is 2.56. The van der Waals surface area contributed by atoms with E-state index in [-0.39, 0.29) is 11.7 Å². The van der Waals surface area contributed by atoms with E-state index in [2.05, 4.69) is 4.99 Å². The number of ketones is 1. The quantitative estimate of drug-likeness (QED) is 0.526. The second-order valence-corrected chi connectivity index (χ2v) is 3.04. The molecule has 0 spiro atoms. The van der Waals surface area contributed by atoms with Crippen molar-refractivity contribution in [2.45, 2.75) is 20.8 Å². The predicted molar refractivity (Wildman–Crippen MR) is 50.6 cm³/mol. The molecule has 0 aromatic carbocycles. The number of carbonyl (C=O) groups excluding carboxylic acids is 2. The van der Waals surface area contributed by atoms with E-state index in [4.69, 9.17) is 0 Å². The molecular weight excluding hydrogens is 166 g/mol. The van der Waals surface area contributed by atoms with Gasteiger partial charge in [0, 0.05) is 6.92 Å². The van der Waals surface area contributed by atoms with E-state index >= 15 is 0 Å². The molecule has 1 amide bonds. The highest BCUT2D eigenvalue weighted by atomic mass is 16.1. The standard InChI is InChI=1S/C10H11NO2/c1-6-5-10(13)7(2)4-9(6)11-8(3)12/h4-5H,1-3H3/b11-9+. The molecule has 0 unspecified atom stereocenters. The van der Waals surface area contributed by atoms with Gasteiger partial charge in [0.05, 0.1) is 5.71 Å². The van der Waals surface area contributed by atoms with Gasteiger partial charge in [-0.1, -0.05) is 0 Å². The number of nitrogens with zero attached hydrogens (tertiary/aromatic N) is 1. The van der Waals surface area contributed by atoms with Gasteiger partial charge >= 0.3 is 0 Å². The Bertz CT molecular complexity index is 359. The molecule has 0 fully saturated rings. The third-order valence-electron chi connectivity index (χ3n) is 1.77. The van der Waals surface area contributed by atoms with Crippen LogP contribution in [-0.2, 0) is 9.59 Å². The van der Waals surface area contributed by atoms with Crippen LogP contribution < -0.4 is 0 Å². The monoisotopic (exact) mass is 177 g/mol. The molecule has 13 heavy (non-hydrogen) atoms. The van der Waals surface area contributed by atoms with Crippen molar-refractivity contribution in [1.82, 2.24) is 0 Å². The largest absolute Gasteiger partial charge is 0.290 e. The minimum atomic E-state index is -0.249. The van der Waals surface area contributed by atoms with E-state index in [1.54, 1.807) is 19.9 Å². The lowest BCUT2D eigenvalue weighted by atomic mass is 9.99. The van der Waals surface area contributed by atoms with Crippen molar-refractivity contribution in [3.05, 3.63) is 23.3 Å². The maximum absolute atomic E-state index is 11.2. The Labute approximate surface area is 76.9 Å². The van der Waals surface area contributed by atoms with Gasteiger partial charge in [0.2, 0.25) is 5.91 Å². The maximum atomic E-state index is 11.2. The van der Waals surface area contributed by atoms with Gasteiger partial charge in [-0.3, -0.25) is 9.59 Å². The van der Waals surface area contributed by atoms with Crippen molar-refractivity contribution in [3.8, 4) is 0 Å². The van der Waals surface area contributed by atoms with Crippen LogP contribution in [0.4, 0.5) is 0 Å². The third-order valence-corrected chi connectivity index (χ3v) is 1.77. The second kappa shape index (κ2) is 3.47. The zero-order valence-corrected chi connectivity index (χ0v) is 7.92. The molecule has 0 saturated heterocycles. The minimum Gasteiger partial charge on any atom is -0.290 e. The molecule has 1 aliphatic carbocycles. The van der Waals surface area contributed by atoms with Gasteiger partial charge in [0.25, 0.3) is 0 Å². The van der Waals surface area contributed by atoms with Crippen LogP contribution in [0, 0.1) is 0 Å². The molecule has 3 heteroatoms. The average molecular weight is 177 g/mol. The molecule has 0 aromatic rings. The van der Waals surface area contributed by atoms with E-state index in [0.717, 1.165) is 5.57 Å². The first-order valence-corrected chi connectivity index (χ1v) is 4.01. The van der Waals surface area contributed by atoms with Crippen molar-refractivity contribution in [2.24, 2.45) is 4.99 Å². The summed E-state index contributed by atoms with van der Waals surface area (Å²) >= 11 is 0. The fourth-order valence-electron chi connectivity index (χ4n) is 1.06. The number of allylic oxidation sites excluding steroid dienone is 4. The molecular formula is C10H11NO2. The Morgan fingerprint density at radius 1 is 1.23 bits per heavy atom. The first-order valence-electron chi connectivity index (χ1n) is 4.01. The number of hydrogen-bond acceptors (Lipinski definition) is 2. The molecule has 0 N–H and O–H groups in total. The van der Waals surface area contributed by atoms with Gasteiger partial charge in [0.1, 0.15) is 0 Å². The van der Waals surface area contributed by atoms with Crippen molar-refractivity contribution < 1.29 is 9.59 Å². The average Bonchev–Trinajstić information content (AvgIpc) is 1.99. The van der Waals surface area contributed by atoms with Crippen LogP contribution in [0.2, 0.25) is 0 Å². The van der Waals surface area contributed by atoms with Gasteiger partial charge < -0.3 is 0 Å². The summed E-state index contributed by atoms with van der Waals surface area (Å²) in [6.07, 6.45) is 3.14. The van der Waals surface area contributed by atoms with Gasteiger partial charge in [-0.25, -0.2) is 4.99 Å². The van der Waals surface area contributed by atoms with E-state index in [1.807, 2.05) is 0 Å². The Balaban J connectivity index is 3.09. The number of aliphatic imine (C=N–C) groups is 1. The molecule has 0 saturated carbocycles. The fourth-order valence-corrected chi connectivity index (χ4v) is 1.06. The highest BCUT2D eigenvalue weighted by Gasteiger charge is 2.12. The molecule has 1 aliphatic rings. The lowest BCUT2D eigenvalue weighted by Crippen LogP contribution is -2.11. The normalized spacial score (nSPS) is 19.9. The van der Waals surface area contributed by atoms with Gasteiger partial charge in [-0.15, -0.1) is 0 Å². The Hall–Kier alpha value is -1.51. The molecule has 3 nitrogen and oxygen atoms in total. The number of hydrogen-bond donors (Lipinski definition) is 0. The lowest BCUT2D eigenvalue weighted by molar-refractivity contribution is -0.115. The SMILES string of the molecule is CC(=O)/N=C1\C=C(C)C(=O)C=C1C. The number of amides is 1. The smallest absolute Gasteiger partial charge is 0.243 e. The fraction of sp³-hybridized carbons (Fsp3) is 0.300. The topological polar surface area (TPSA) is 46.5 Å². The van der Waals surface area contributed by atoms with Gasteiger partial charge in [-0.05, 0) is 37.1 Å². The number of carbonyl (C=O) groups is 2. The summed E-state index contributed by atoms with van der Waals surface area (Å²) in [6, 6.07) is 0. The summed E-state index contributed by atoms with van der Waals surface area (Å²) in [4.78, 5) is 25.7. The first-order chi connectivity index (χ1) is 6.00.